The lowest BCUT2D eigenvalue weighted by Gasteiger charge is -2.31. The van der Waals surface area contributed by atoms with Crippen LogP contribution in [-0.2, 0) is 0 Å². The second kappa shape index (κ2) is 7.46. The van der Waals surface area contributed by atoms with Crippen molar-refractivity contribution >= 4 is 0 Å². The molecule has 1 aliphatic rings. The summed E-state index contributed by atoms with van der Waals surface area (Å²) in [5.74, 6) is 0. The fourth-order valence-electron chi connectivity index (χ4n) is 2.84. The van der Waals surface area contributed by atoms with Crippen molar-refractivity contribution in [2.45, 2.75) is 52.5 Å². The zero-order chi connectivity index (χ0) is 13.6. The summed E-state index contributed by atoms with van der Waals surface area (Å²) in [6.45, 7) is 12.7. The highest BCUT2D eigenvalue weighted by Crippen LogP contribution is 2.21. The standard InChI is InChI=1S/C15H33N3/c1-5-14-12-17(4)9-7-11-18(14)10-6-8-15(2,3)13-16/h14H,5-13,16H2,1-4H3. The molecule has 3 nitrogen and oxygen atoms in total. The normalized spacial score (nSPS) is 24.2. The molecule has 0 amide bonds. The van der Waals surface area contributed by atoms with Crippen LogP contribution in [0.1, 0.15) is 46.5 Å². The molecule has 1 heterocycles. The first-order valence-electron chi connectivity index (χ1n) is 7.61. The third-order valence-electron chi connectivity index (χ3n) is 4.35. The average molecular weight is 255 g/mol. The molecule has 108 valence electrons. The van der Waals surface area contributed by atoms with Crippen molar-refractivity contribution in [1.82, 2.24) is 9.80 Å². The van der Waals surface area contributed by atoms with Gasteiger partial charge in [-0.2, -0.15) is 0 Å². The molecular formula is C15H33N3. The lowest BCUT2D eigenvalue weighted by Crippen LogP contribution is -2.40. The van der Waals surface area contributed by atoms with Gasteiger partial charge < -0.3 is 10.6 Å². The third-order valence-corrected chi connectivity index (χ3v) is 4.35. The Kier molecular flexibility index (Phi) is 6.61. The van der Waals surface area contributed by atoms with E-state index in [4.69, 9.17) is 5.73 Å². The molecule has 3 heteroatoms. The molecule has 1 aliphatic heterocycles. The van der Waals surface area contributed by atoms with Crippen LogP contribution in [0.3, 0.4) is 0 Å². The fraction of sp³-hybridized carbons (Fsp3) is 1.00. The van der Waals surface area contributed by atoms with E-state index in [9.17, 15) is 0 Å². The first-order chi connectivity index (χ1) is 8.48. The Labute approximate surface area is 114 Å². The highest BCUT2D eigenvalue weighted by atomic mass is 15.2. The van der Waals surface area contributed by atoms with Gasteiger partial charge in [0.15, 0.2) is 0 Å². The Morgan fingerprint density at radius 1 is 1.28 bits per heavy atom. The van der Waals surface area contributed by atoms with Crippen LogP contribution in [0, 0.1) is 5.41 Å². The zero-order valence-corrected chi connectivity index (χ0v) is 12.9. The van der Waals surface area contributed by atoms with E-state index in [1.165, 1.54) is 51.9 Å². The summed E-state index contributed by atoms with van der Waals surface area (Å²) in [6, 6.07) is 0.749. The second-order valence-corrected chi connectivity index (χ2v) is 6.69. The van der Waals surface area contributed by atoms with Crippen LogP contribution in [-0.4, -0.2) is 55.6 Å². The molecule has 0 spiro atoms. The molecule has 0 aliphatic carbocycles. The summed E-state index contributed by atoms with van der Waals surface area (Å²) in [7, 11) is 2.25. The molecule has 0 bridgehead atoms. The Balaban J connectivity index is 2.39. The highest BCUT2D eigenvalue weighted by Gasteiger charge is 2.22. The van der Waals surface area contributed by atoms with E-state index in [0.717, 1.165) is 12.6 Å². The monoisotopic (exact) mass is 255 g/mol. The van der Waals surface area contributed by atoms with Gasteiger partial charge in [-0.3, -0.25) is 4.90 Å². The maximum Gasteiger partial charge on any atom is 0.0220 e. The largest absolute Gasteiger partial charge is 0.330 e. The van der Waals surface area contributed by atoms with Crippen molar-refractivity contribution in [3.63, 3.8) is 0 Å². The van der Waals surface area contributed by atoms with Gasteiger partial charge in [-0.15, -0.1) is 0 Å². The van der Waals surface area contributed by atoms with Crippen LogP contribution in [0.25, 0.3) is 0 Å². The smallest absolute Gasteiger partial charge is 0.0220 e. The predicted octanol–water partition coefficient (Wildman–Crippen LogP) is 2.17. The summed E-state index contributed by atoms with van der Waals surface area (Å²) >= 11 is 0. The number of likely N-dealkylation sites (N-methyl/N-ethyl adjacent to an activating group) is 1. The summed E-state index contributed by atoms with van der Waals surface area (Å²) < 4.78 is 0. The first kappa shape index (κ1) is 15.9. The molecule has 0 saturated carbocycles. The first-order valence-corrected chi connectivity index (χ1v) is 7.61. The van der Waals surface area contributed by atoms with Gasteiger partial charge in [-0.1, -0.05) is 20.8 Å². The van der Waals surface area contributed by atoms with Crippen molar-refractivity contribution < 1.29 is 0 Å². The van der Waals surface area contributed by atoms with E-state index in [1.807, 2.05) is 0 Å². The van der Waals surface area contributed by atoms with Crippen molar-refractivity contribution in [1.29, 1.82) is 0 Å². The molecule has 0 radical (unpaired) electrons. The molecule has 0 aromatic heterocycles. The van der Waals surface area contributed by atoms with E-state index in [1.54, 1.807) is 0 Å². The lowest BCUT2D eigenvalue weighted by atomic mass is 9.88. The number of rotatable bonds is 6. The highest BCUT2D eigenvalue weighted by molar-refractivity contribution is 4.78. The second-order valence-electron chi connectivity index (χ2n) is 6.69. The van der Waals surface area contributed by atoms with Crippen LogP contribution >= 0.6 is 0 Å². The number of nitrogens with two attached hydrogens (primary N) is 1. The van der Waals surface area contributed by atoms with E-state index in [2.05, 4.69) is 37.6 Å². The Morgan fingerprint density at radius 3 is 2.61 bits per heavy atom. The van der Waals surface area contributed by atoms with Gasteiger partial charge in [0, 0.05) is 12.6 Å². The molecule has 18 heavy (non-hydrogen) atoms. The predicted molar refractivity (Wildman–Crippen MR) is 79.8 cm³/mol. The van der Waals surface area contributed by atoms with Gasteiger partial charge >= 0.3 is 0 Å². The van der Waals surface area contributed by atoms with Gasteiger partial charge in [-0.25, -0.2) is 0 Å². The molecule has 1 rings (SSSR count). The minimum absolute atomic E-state index is 0.310. The molecule has 1 fully saturated rings. The molecule has 1 atom stereocenters. The minimum Gasteiger partial charge on any atom is -0.330 e. The van der Waals surface area contributed by atoms with Crippen LogP contribution < -0.4 is 5.73 Å². The Bertz CT molecular complexity index is 228. The van der Waals surface area contributed by atoms with E-state index < -0.39 is 0 Å². The third kappa shape index (κ3) is 5.25. The SMILES string of the molecule is CCC1CN(C)CCCN1CCCC(C)(C)CN. The van der Waals surface area contributed by atoms with Crippen molar-refractivity contribution in [2.75, 3.05) is 39.8 Å². The summed E-state index contributed by atoms with van der Waals surface area (Å²) in [4.78, 5) is 5.19. The Morgan fingerprint density at radius 2 is 2.00 bits per heavy atom. The van der Waals surface area contributed by atoms with E-state index >= 15 is 0 Å². The number of hydrogen-bond acceptors (Lipinski definition) is 3. The van der Waals surface area contributed by atoms with E-state index in [0.29, 0.717) is 5.41 Å². The maximum atomic E-state index is 5.80. The van der Waals surface area contributed by atoms with Crippen LogP contribution in [0.4, 0.5) is 0 Å². The minimum atomic E-state index is 0.310. The summed E-state index contributed by atoms with van der Waals surface area (Å²) in [6.07, 6.45) is 5.11. The maximum absolute atomic E-state index is 5.80. The van der Waals surface area contributed by atoms with Crippen molar-refractivity contribution in [3.8, 4) is 0 Å². The molecular weight excluding hydrogens is 222 g/mol. The van der Waals surface area contributed by atoms with Crippen molar-refractivity contribution in [3.05, 3.63) is 0 Å². The fourth-order valence-corrected chi connectivity index (χ4v) is 2.84. The topological polar surface area (TPSA) is 32.5 Å². The molecule has 2 N–H and O–H groups in total. The molecule has 0 aromatic rings. The van der Waals surface area contributed by atoms with Gasteiger partial charge in [0.1, 0.15) is 0 Å². The lowest BCUT2D eigenvalue weighted by molar-refractivity contribution is 0.172. The van der Waals surface area contributed by atoms with Crippen molar-refractivity contribution in [2.24, 2.45) is 11.1 Å². The van der Waals surface area contributed by atoms with Gasteiger partial charge in [0.25, 0.3) is 0 Å². The van der Waals surface area contributed by atoms with Gasteiger partial charge in [0.2, 0.25) is 0 Å². The number of nitrogens with zero attached hydrogens (tertiary/aromatic N) is 2. The molecule has 0 aromatic carbocycles. The molecule has 1 unspecified atom stereocenters. The quantitative estimate of drug-likeness (QED) is 0.789. The van der Waals surface area contributed by atoms with Gasteiger partial charge in [0.05, 0.1) is 0 Å². The van der Waals surface area contributed by atoms with Crippen LogP contribution in [0.2, 0.25) is 0 Å². The number of hydrogen-bond donors (Lipinski definition) is 1. The average Bonchev–Trinajstić information content (AvgIpc) is 2.51. The van der Waals surface area contributed by atoms with Gasteiger partial charge in [-0.05, 0) is 64.3 Å². The van der Waals surface area contributed by atoms with E-state index in [-0.39, 0.29) is 0 Å². The summed E-state index contributed by atoms with van der Waals surface area (Å²) in [5.41, 5.74) is 6.11. The Hall–Kier alpha value is -0.120. The zero-order valence-electron chi connectivity index (χ0n) is 12.9. The van der Waals surface area contributed by atoms with Crippen LogP contribution in [0.5, 0.6) is 0 Å². The van der Waals surface area contributed by atoms with Crippen LogP contribution in [0.15, 0.2) is 0 Å². The summed E-state index contributed by atoms with van der Waals surface area (Å²) in [5, 5.41) is 0. The molecule has 1 saturated heterocycles.